The van der Waals surface area contributed by atoms with Crippen molar-refractivity contribution in [2.24, 2.45) is 0 Å². The summed E-state index contributed by atoms with van der Waals surface area (Å²) in [5, 5.41) is 7.71. The Labute approximate surface area is 303 Å². The number of nitrogens with zero attached hydrogens (tertiary/aromatic N) is 1. The second kappa shape index (κ2) is 12.5. The molecule has 1 heteroatoms. The van der Waals surface area contributed by atoms with E-state index >= 15 is 0 Å². The first-order chi connectivity index (χ1) is 25.8. The molecule has 10 rings (SSSR count). The van der Waals surface area contributed by atoms with E-state index in [1.165, 1.54) is 76.8 Å². The maximum atomic E-state index is 4.80. The molecule has 0 unspecified atom stereocenters. The largest absolute Gasteiger partial charge is 0.256 e. The first kappa shape index (κ1) is 30.0. The molecular weight excluding hydrogens is 627 g/mol. The van der Waals surface area contributed by atoms with Gasteiger partial charge in [-0.1, -0.05) is 176 Å². The van der Waals surface area contributed by atoms with Gasteiger partial charge in [-0.05, 0) is 101 Å². The molecule has 0 aliphatic carbocycles. The minimum absolute atomic E-state index is 0.980. The summed E-state index contributed by atoms with van der Waals surface area (Å²) >= 11 is 0. The number of hydrogen-bond acceptors (Lipinski definition) is 1. The Morgan fingerprint density at radius 1 is 0.269 bits per heavy atom. The normalized spacial score (nSPS) is 11.5. The molecule has 0 saturated carbocycles. The highest BCUT2D eigenvalue weighted by Crippen LogP contribution is 2.47. The summed E-state index contributed by atoms with van der Waals surface area (Å²) in [6, 6.07) is 70.4. The lowest BCUT2D eigenvalue weighted by Gasteiger charge is -2.20. The van der Waals surface area contributed by atoms with Crippen molar-refractivity contribution in [3.63, 3.8) is 0 Å². The highest BCUT2D eigenvalue weighted by molar-refractivity contribution is 6.28. The van der Waals surface area contributed by atoms with E-state index in [-0.39, 0.29) is 0 Å². The Morgan fingerprint density at radius 3 is 1.46 bits per heavy atom. The minimum Gasteiger partial charge on any atom is -0.256 e. The standard InChI is InChI=1S/C51H33N/c1-4-11-34(12-5-1)41-25-27-43(36-13-6-2-7-14-36)47(31-41)48-32-46(44-28-23-39-17-10-18-40-24-29-45(48)51(44)50(39)40)37-21-19-35(20-22-37)42-26-30-49(52-33-42)38-15-8-3-9-16-38/h1-33H. The minimum atomic E-state index is 0.980. The predicted molar refractivity (Wildman–Crippen MR) is 221 cm³/mol. The number of pyridine rings is 1. The number of rotatable bonds is 6. The monoisotopic (exact) mass is 659 g/mol. The Bertz CT molecular complexity index is 2820. The summed E-state index contributed by atoms with van der Waals surface area (Å²) in [5.74, 6) is 0. The maximum absolute atomic E-state index is 4.80. The summed E-state index contributed by atoms with van der Waals surface area (Å²) in [6.07, 6.45) is 1.98. The van der Waals surface area contributed by atoms with Crippen molar-refractivity contribution in [3.05, 3.63) is 200 Å². The molecule has 0 bridgehead atoms. The van der Waals surface area contributed by atoms with Crippen molar-refractivity contribution in [1.29, 1.82) is 0 Å². The Morgan fingerprint density at radius 2 is 0.808 bits per heavy atom. The van der Waals surface area contributed by atoms with Crippen LogP contribution in [-0.2, 0) is 0 Å². The van der Waals surface area contributed by atoms with Crippen molar-refractivity contribution in [2.45, 2.75) is 0 Å². The highest BCUT2D eigenvalue weighted by Gasteiger charge is 2.19. The van der Waals surface area contributed by atoms with Gasteiger partial charge in [0.15, 0.2) is 0 Å². The molecule has 0 saturated heterocycles. The summed E-state index contributed by atoms with van der Waals surface area (Å²) < 4.78 is 0. The van der Waals surface area contributed by atoms with Crippen LogP contribution in [0, 0.1) is 0 Å². The van der Waals surface area contributed by atoms with Crippen LogP contribution < -0.4 is 0 Å². The molecule has 0 aliphatic rings. The van der Waals surface area contributed by atoms with Gasteiger partial charge in [0.05, 0.1) is 5.69 Å². The second-order valence-corrected chi connectivity index (χ2v) is 13.5. The van der Waals surface area contributed by atoms with Crippen LogP contribution in [0.25, 0.3) is 99.2 Å². The van der Waals surface area contributed by atoms with E-state index < -0.39 is 0 Å². The summed E-state index contributed by atoms with van der Waals surface area (Å²) in [4.78, 5) is 4.80. The van der Waals surface area contributed by atoms with Gasteiger partial charge in [0.1, 0.15) is 0 Å². The van der Waals surface area contributed by atoms with Crippen LogP contribution in [0.4, 0.5) is 0 Å². The fourth-order valence-corrected chi connectivity index (χ4v) is 7.93. The van der Waals surface area contributed by atoms with E-state index in [0.29, 0.717) is 0 Å². The topological polar surface area (TPSA) is 12.9 Å². The summed E-state index contributed by atoms with van der Waals surface area (Å²) in [5.41, 5.74) is 14.1. The van der Waals surface area contributed by atoms with Gasteiger partial charge < -0.3 is 0 Å². The number of hydrogen-bond donors (Lipinski definition) is 0. The zero-order chi connectivity index (χ0) is 34.4. The number of aromatic nitrogens is 1. The average molecular weight is 660 g/mol. The molecule has 1 heterocycles. The molecule has 0 aliphatic heterocycles. The molecule has 0 amide bonds. The Hall–Kier alpha value is -6.83. The zero-order valence-corrected chi connectivity index (χ0v) is 28.5. The molecule has 0 fully saturated rings. The van der Waals surface area contributed by atoms with E-state index in [2.05, 4.69) is 188 Å². The van der Waals surface area contributed by atoms with Crippen LogP contribution in [0.15, 0.2) is 200 Å². The lowest BCUT2D eigenvalue weighted by atomic mass is 9.83. The second-order valence-electron chi connectivity index (χ2n) is 13.5. The fourth-order valence-electron chi connectivity index (χ4n) is 7.93. The Kier molecular flexibility index (Phi) is 7.22. The van der Waals surface area contributed by atoms with Gasteiger partial charge in [0.25, 0.3) is 0 Å². The van der Waals surface area contributed by atoms with Gasteiger partial charge in [0.2, 0.25) is 0 Å². The first-order valence-corrected chi connectivity index (χ1v) is 17.9. The SMILES string of the molecule is c1ccc(-c2ccc(-c3ccccc3)c(-c3cc(-c4ccc(-c5ccc(-c6ccccc6)nc5)cc4)c4ccc5cccc6ccc3c4c56)c2)cc1. The molecule has 1 nitrogen and oxygen atoms in total. The maximum Gasteiger partial charge on any atom is 0.0702 e. The summed E-state index contributed by atoms with van der Waals surface area (Å²) in [7, 11) is 0. The van der Waals surface area contributed by atoms with Crippen molar-refractivity contribution in [1.82, 2.24) is 4.98 Å². The van der Waals surface area contributed by atoms with Gasteiger partial charge in [0, 0.05) is 17.3 Å². The van der Waals surface area contributed by atoms with Gasteiger partial charge in [-0.3, -0.25) is 4.98 Å². The third kappa shape index (κ3) is 5.14. The molecule has 10 aromatic rings. The van der Waals surface area contributed by atoms with E-state index in [9.17, 15) is 0 Å². The highest BCUT2D eigenvalue weighted by atomic mass is 14.7. The van der Waals surface area contributed by atoms with Crippen LogP contribution in [0.3, 0.4) is 0 Å². The first-order valence-electron chi connectivity index (χ1n) is 17.9. The molecular formula is C51H33N. The van der Waals surface area contributed by atoms with Crippen molar-refractivity contribution in [3.8, 4) is 66.9 Å². The molecule has 242 valence electrons. The van der Waals surface area contributed by atoms with Gasteiger partial charge >= 0.3 is 0 Å². The third-order valence-electron chi connectivity index (χ3n) is 10.5. The quantitative estimate of drug-likeness (QED) is 0.162. The van der Waals surface area contributed by atoms with E-state index in [0.717, 1.165) is 22.4 Å². The predicted octanol–water partition coefficient (Wildman–Crippen LogP) is 14.0. The van der Waals surface area contributed by atoms with E-state index in [1.807, 2.05) is 12.3 Å². The van der Waals surface area contributed by atoms with Crippen LogP contribution in [-0.4, -0.2) is 4.98 Å². The molecule has 0 radical (unpaired) electrons. The average Bonchev–Trinajstić information content (AvgIpc) is 3.23. The number of benzene rings is 9. The third-order valence-corrected chi connectivity index (χ3v) is 10.5. The van der Waals surface area contributed by atoms with Gasteiger partial charge in [-0.25, -0.2) is 0 Å². The molecule has 0 atom stereocenters. The molecule has 0 N–H and O–H groups in total. The van der Waals surface area contributed by atoms with E-state index in [4.69, 9.17) is 4.98 Å². The zero-order valence-electron chi connectivity index (χ0n) is 28.5. The van der Waals surface area contributed by atoms with Crippen LogP contribution in [0.1, 0.15) is 0 Å². The molecule has 52 heavy (non-hydrogen) atoms. The smallest absolute Gasteiger partial charge is 0.0702 e. The van der Waals surface area contributed by atoms with Crippen LogP contribution in [0.2, 0.25) is 0 Å². The molecule has 9 aromatic carbocycles. The molecule has 0 spiro atoms. The van der Waals surface area contributed by atoms with E-state index in [1.54, 1.807) is 0 Å². The Balaban J connectivity index is 1.19. The van der Waals surface area contributed by atoms with Gasteiger partial charge in [-0.15, -0.1) is 0 Å². The van der Waals surface area contributed by atoms with Crippen molar-refractivity contribution in [2.75, 3.05) is 0 Å². The van der Waals surface area contributed by atoms with Crippen molar-refractivity contribution >= 4 is 32.3 Å². The summed E-state index contributed by atoms with van der Waals surface area (Å²) in [6.45, 7) is 0. The van der Waals surface area contributed by atoms with Crippen LogP contribution >= 0.6 is 0 Å². The molecule has 1 aromatic heterocycles. The lowest BCUT2D eigenvalue weighted by molar-refractivity contribution is 1.32. The fraction of sp³-hybridized carbons (Fsp3) is 0. The van der Waals surface area contributed by atoms with Gasteiger partial charge in [-0.2, -0.15) is 0 Å². The van der Waals surface area contributed by atoms with Crippen LogP contribution in [0.5, 0.6) is 0 Å². The lowest BCUT2D eigenvalue weighted by Crippen LogP contribution is -1.93. The van der Waals surface area contributed by atoms with Crippen molar-refractivity contribution < 1.29 is 0 Å².